The predicted molar refractivity (Wildman–Crippen MR) is 137 cm³/mol. The molecule has 5 fully saturated rings. The highest BCUT2D eigenvalue weighted by molar-refractivity contribution is 5.85. The first-order valence-electron chi connectivity index (χ1n) is 13.8. The summed E-state index contributed by atoms with van der Waals surface area (Å²) < 4.78 is 5.97. The molecule has 0 spiro atoms. The molecule has 0 aromatic carbocycles. The van der Waals surface area contributed by atoms with E-state index in [4.69, 9.17) is 10.5 Å². The second kappa shape index (κ2) is 9.68. The van der Waals surface area contributed by atoms with Crippen molar-refractivity contribution >= 4 is 24.4 Å². The predicted octanol–water partition coefficient (Wildman–Crippen LogP) is 3.86. The molecule has 8 heteroatoms. The fourth-order valence-electron chi connectivity index (χ4n) is 9.33. The van der Waals surface area contributed by atoms with Crippen molar-refractivity contribution in [1.29, 1.82) is 0 Å². The lowest BCUT2D eigenvalue weighted by Gasteiger charge is -2.64. The van der Waals surface area contributed by atoms with Gasteiger partial charge in [0.1, 0.15) is 6.10 Å². The smallest absolute Gasteiger partial charge is 0.410 e. The number of nitrogens with one attached hydrogen (secondary N) is 1. The molecule has 5 rings (SSSR count). The Kier molecular flexibility index (Phi) is 7.47. The number of fused-ring (bicyclic) bond motifs is 5. The van der Waals surface area contributed by atoms with E-state index in [0.717, 1.165) is 70.6 Å². The van der Waals surface area contributed by atoms with E-state index in [-0.39, 0.29) is 52.8 Å². The van der Waals surface area contributed by atoms with Crippen molar-refractivity contribution in [2.45, 2.75) is 102 Å². The van der Waals surface area contributed by atoms with E-state index in [1.165, 1.54) is 0 Å². The van der Waals surface area contributed by atoms with Crippen LogP contribution in [0.3, 0.4) is 0 Å². The SMILES string of the molecule is CNC(=O)C1CC[C@@]2(N)[C@@H]3CCC4CC(OC(=O)N5CCCC(O)C5)CC[C@]4(C)[C@@H]3CC[C@]12C.Cl. The molecule has 0 bridgehead atoms. The average molecular weight is 512 g/mol. The molecule has 4 N–H and O–H groups in total. The molecule has 35 heavy (non-hydrogen) atoms. The van der Waals surface area contributed by atoms with E-state index in [9.17, 15) is 14.7 Å². The molecule has 1 saturated heterocycles. The number of hydrogen-bond acceptors (Lipinski definition) is 5. The number of nitrogens with zero attached hydrogens (tertiary/aromatic N) is 1. The Bertz CT molecular complexity index is 828. The molecule has 1 heterocycles. The minimum absolute atomic E-state index is 0. The van der Waals surface area contributed by atoms with Gasteiger partial charge in [0.15, 0.2) is 0 Å². The second-order valence-electron chi connectivity index (χ2n) is 12.7. The summed E-state index contributed by atoms with van der Waals surface area (Å²) in [7, 11) is 1.75. The van der Waals surface area contributed by atoms with Gasteiger partial charge >= 0.3 is 6.09 Å². The minimum atomic E-state index is -0.426. The monoisotopic (exact) mass is 511 g/mol. The molecule has 5 aliphatic rings. The van der Waals surface area contributed by atoms with Crippen molar-refractivity contribution in [3.05, 3.63) is 0 Å². The lowest BCUT2D eigenvalue weighted by molar-refractivity contribution is -0.147. The van der Waals surface area contributed by atoms with Crippen molar-refractivity contribution in [1.82, 2.24) is 10.2 Å². The van der Waals surface area contributed by atoms with Gasteiger partial charge in [-0.2, -0.15) is 0 Å². The van der Waals surface area contributed by atoms with Crippen molar-refractivity contribution < 1.29 is 19.4 Å². The molecule has 9 atom stereocenters. The van der Waals surface area contributed by atoms with Gasteiger partial charge in [-0.3, -0.25) is 4.79 Å². The van der Waals surface area contributed by atoms with Crippen molar-refractivity contribution in [2.24, 2.45) is 40.2 Å². The van der Waals surface area contributed by atoms with Gasteiger partial charge in [0, 0.05) is 31.6 Å². The number of rotatable bonds is 2. The van der Waals surface area contributed by atoms with Gasteiger partial charge in [-0.15, -0.1) is 12.4 Å². The first-order chi connectivity index (χ1) is 16.1. The summed E-state index contributed by atoms with van der Waals surface area (Å²) in [5.41, 5.74) is 7.17. The van der Waals surface area contributed by atoms with Crippen LogP contribution >= 0.6 is 12.4 Å². The van der Waals surface area contributed by atoms with E-state index in [1.807, 2.05) is 0 Å². The highest BCUT2D eigenvalue weighted by Gasteiger charge is 2.67. The summed E-state index contributed by atoms with van der Waals surface area (Å²) in [5, 5.41) is 12.8. The number of nitrogens with two attached hydrogens (primary N) is 1. The maximum atomic E-state index is 12.7. The Hall–Kier alpha value is -1.05. The number of carbonyl (C=O) groups excluding carboxylic acids is 2. The molecule has 200 valence electrons. The number of halogens is 1. The number of β-amino-alcohol motifs (C(OH)–C–C–N with tert-alkyl or cyclic N) is 1. The number of amides is 2. The van der Waals surface area contributed by atoms with Crippen LogP contribution in [0.15, 0.2) is 0 Å². The summed E-state index contributed by atoms with van der Waals surface area (Å²) in [4.78, 5) is 27.1. The summed E-state index contributed by atoms with van der Waals surface area (Å²) in [6.45, 7) is 5.84. The topological polar surface area (TPSA) is 105 Å². The van der Waals surface area contributed by atoms with Crippen LogP contribution in [-0.2, 0) is 9.53 Å². The lowest BCUT2D eigenvalue weighted by Crippen LogP contribution is -2.67. The quantitative estimate of drug-likeness (QED) is 0.522. The molecule has 4 unspecified atom stereocenters. The highest BCUT2D eigenvalue weighted by atomic mass is 35.5. The summed E-state index contributed by atoms with van der Waals surface area (Å²) in [5.74, 6) is 1.79. The molecule has 4 aliphatic carbocycles. The first kappa shape index (κ1) is 27.0. The van der Waals surface area contributed by atoms with Crippen molar-refractivity contribution in [3.8, 4) is 0 Å². The standard InChI is InChI=1S/C27H45N3O4.ClH/c1-25-11-8-19(34-24(33)30-14-4-5-18(31)16-30)15-17(25)6-7-21-20(25)9-12-26(2)22(23(32)29-3)10-13-27(21,26)28;/h17-22,31H,4-16,28H2,1-3H3,(H,29,32);1H/t17?,18?,19?,20-,21-,22?,25+,26-,27-;/m1./s1. The van der Waals surface area contributed by atoms with Gasteiger partial charge in [-0.1, -0.05) is 13.8 Å². The Morgan fingerprint density at radius 3 is 2.51 bits per heavy atom. The van der Waals surface area contributed by atoms with E-state index in [1.54, 1.807) is 11.9 Å². The van der Waals surface area contributed by atoms with Gasteiger partial charge < -0.3 is 25.8 Å². The number of piperidine rings is 1. The molecule has 0 aromatic rings. The maximum absolute atomic E-state index is 12.7. The Balaban J connectivity index is 0.00000289. The van der Waals surface area contributed by atoms with Crippen LogP contribution < -0.4 is 11.1 Å². The third-order valence-electron chi connectivity index (χ3n) is 11.4. The normalized spacial score (nSPS) is 46.9. The molecular formula is C27H46ClN3O4. The molecule has 0 radical (unpaired) electrons. The van der Waals surface area contributed by atoms with E-state index >= 15 is 0 Å². The number of hydrogen-bond donors (Lipinski definition) is 3. The second-order valence-corrected chi connectivity index (χ2v) is 12.7. The van der Waals surface area contributed by atoms with Crippen LogP contribution in [0.4, 0.5) is 4.79 Å². The number of aliphatic hydroxyl groups is 1. The van der Waals surface area contributed by atoms with E-state index in [0.29, 0.717) is 30.8 Å². The zero-order valence-corrected chi connectivity index (χ0v) is 22.6. The zero-order valence-electron chi connectivity index (χ0n) is 21.8. The van der Waals surface area contributed by atoms with Crippen molar-refractivity contribution in [3.63, 3.8) is 0 Å². The summed E-state index contributed by atoms with van der Waals surface area (Å²) >= 11 is 0. The molecule has 4 saturated carbocycles. The Morgan fingerprint density at radius 1 is 1.03 bits per heavy atom. The fraction of sp³-hybridized carbons (Fsp3) is 0.926. The largest absolute Gasteiger partial charge is 0.446 e. The van der Waals surface area contributed by atoms with E-state index in [2.05, 4.69) is 19.2 Å². The van der Waals surface area contributed by atoms with Gasteiger partial charge in [-0.05, 0) is 99.2 Å². The van der Waals surface area contributed by atoms with E-state index < -0.39 is 6.10 Å². The first-order valence-corrected chi connectivity index (χ1v) is 13.8. The summed E-state index contributed by atoms with van der Waals surface area (Å²) in [6, 6.07) is 0. The molecule has 2 amide bonds. The molecule has 1 aliphatic heterocycles. The van der Waals surface area contributed by atoms with Crippen LogP contribution in [0.5, 0.6) is 0 Å². The average Bonchev–Trinajstić information content (AvgIpc) is 3.10. The van der Waals surface area contributed by atoms with Crippen LogP contribution in [-0.4, -0.2) is 59.9 Å². The molecular weight excluding hydrogens is 466 g/mol. The number of ether oxygens (including phenoxy) is 1. The Morgan fingerprint density at radius 2 is 1.80 bits per heavy atom. The minimum Gasteiger partial charge on any atom is -0.446 e. The third-order valence-corrected chi connectivity index (χ3v) is 11.4. The van der Waals surface area contributed by atoms with Gasteiger partial charge in [0.2, 0.25) is 5.91 Å². The van der Waals surface area contributed by atoms with Crippen LogP contribution in [0.25, 0.3) is 0 Å². The zero-order chi connectivity index (χ0) is 24.3. The number of carbonyl (C=O) groups is 2. The van der Waals surface area contributed by atoms with Gasteiger partial charge in [0.05, 0.1) is 6.10 Å². The number of aliphatic hydroxyl groups excluding tert-OH is 1. The lowest BCUT2D eigenvalue weighted by atomic mass is 9.42. The molecule has 0 aromatic heterocycles. The maximum Gasteiger partial charge on any atom is 0.410 e. The van der Waals surface area contributed by atoms with Crippen molar-refractivity contribution in [2.75, 3.05) is 20.1 Å². The van der Waals surface area contributed by atoms with Gasteiger partial charge in [0.25, 0.3) is 0 Å². The van der Waals surface area contributed by atoms with Gasteiger partial charge in [-0.25, -0.2) is 4.79 Å². The van der Waals surface area contributed by atoms with Crippen LogP contribution in [0.1, 0.15) is 84.5 Å². The highest BCUT2D eigenvalue weighted by Crippen LogP contribution is 2.68. The third kappa shape index (κ3) is 4.17. The summed E-state index contributed by atoms with van der Waals surface area (Å²) in [6.07, 6.45) is 10.1. The Labute approximate surface area is 216 Å². The van der Waals surface area contributed by atoms with Crippen LogP contribution in [0, 0.1) is 34.5 Å². The molecule has 7 nitrogen and oxygen atoms in total. The fourth-order valence-corrected chi connectivity index (χ4v) is 9.33. The van der Waals surface area contributed by atoms with Crippen LogP contribution in [0.2, 0.25) is 0 Å². The number of likely N-dealkylation sites (tertiary alicyclic amines) is 1.